The minimum absolute atomic E-state index is 0.172. The molecule has 0 aliphatic heterocycles. The summed E-state index contributed by atoms with van der Waals surface area (Å²) in [6, 6.07) is 5.83. The summed E-state index contributed by atoms with van der Waals surface area (Å²) in [5.74, 6) is 0.914. The van der Waals surface area contributed by atoms with Crippen LogP contribution < -0.4 is 5.73 Å². The van der Waals surface area contributed by atoms with E-state index >= 15 is 0 Å². The van der Waals surface area contributed by atoms with Gasteiger partial charge in [0.2, 0.25) is 5.95 Å². The topological polar surface area (TPSA) is 53.1 Å². The molecule has 1 atom stereocenters. The molecule has 0 fully saturated rings. The monoisotopic (exact) mass is 281 g/mol. The van der Waals surface area contributed by atoms with Gasteiger partial charge in [0.05, 0.1) is 23.7 Å². The molecule has 2 aromatic rings. The highest BCUT2D eigenvalue weighted by Gasteiger charge is 2.21. The number of aromatic nitrogens is 2. The van der Waals surface area contributed by atoms with Crippen molar-refractivity contribution in [2.24, 2.45) is 5.92 Å². The predicted octanol–water partition coefficient (Wildman–Crippen LogP) is 3.51. The van der Waals surface area contributed by atoms with Crippen molar-refractivity contribution in [2.75, 3.05) is 18.9 Å². The number of nitrogens with zero attached hydrogens (tertiary/aromatic N) is 2. The van der Waals surface area contributed by atoms with E-state index in [1.807, 2.05) is 29.7 Å². The Balaban J connectivity index is 2.49. The van der Waals surface area contributed by atoms with E-state index in [0.29, 0.717) is 30.1 Å². The number of anilines is 1. The number of hydrogen-bond acceptors (Lipinski definition) is 3. The Morgan fingerprint density at radius 1 is 1.42 bits per heavy atom. The number of imidazole rings is 1. The van der Waals surface area contributed by atoms with Crippen LogP contribution in [0.15, 0.2) is 18.2 Å². The van der Waals surface area contributed by atoms with E-state index in [1.54, 1.807) is 0 Å². The summed E-state index contributed by atoms with van der Waals surface area (Å²) in [6.07, 6.45) is 0. The Hall–Kier alpha value is -1.26. The van der Waals surface area contributed by atoms with E-state index in [0.717, 1.165) is 11.0 Å². The van der Waals surface area contributed by atoms with Crippen LogP contribution in [0.5, 0.6) is 0 Å². The number of fused-ring (bicyclic) bond motifs is 1. The van der Waals surface area contributed by atoms with Gasteiger partial charge in [0.1, 0.15) is 0 Å². The molecule has 2 N–H and O–H groups in total. The van der Waals surface area contributed by atoms with Gasteiger partial charge in [0.15, 0.2) is 0 Å². The van der Waals surface area contributed by atoms with Gasteiger partial charge in [0, 0.05) is 11.6 Å². The van der Waals surface area contributed by atoms with Crippen LogP contribution in [0.1, 0.15) is 26.8 Å². The largest absolute Gasteiger partial charge is 0.380 e. The minimum Gasteiger partial charge on any atom is -0.380 e. The van der Waals surface area contributed by atoms with E-state index in [-0.39, 0.29) is 6.04 Å². The van der Waals surface area contributed by atoms with Crippen molar-refractivity contribution in [1.29, 1.82) is 0 Å². The highest BCUT2D eigenvalue weighted by atomic mass is 35.5. The van der Waals surface area contributed by atoms with Crippen LogP contribution in [0, 0.1) is 5.92 Å². The maximum atomic E-state index is 6.07. The summed E-state index contributed by atoms with van der Waals surface area (Å²) < 4.78 is 7.63. The van der Waals surface area contributed by atoms with Crippen LogP contribution in [0.4, 0.5) is 5.95 Å². The molecule has 1 aromatic heterocycles. The molecule has 19 heavy (non-hydrogen) atoms. The molecule has 0 saturated carbocycles. The summed E-state index contributed by atoms with van der Waals surface area (Å²) in [4.78, 5) is 4.39. The molecule has 0 radical (unpaired) electrons. The van der Waals surface area contributed by atoms with Gasteiger partial charge in [-0.25, -0.2) is 4.98 Å². The number of rotatable bonds is 5. The third kappa shape index (κ3) is 2.85. The Kier molecular flexibility index (Phi) is 4.32. The van der Waals surface area contributed by atoms with Gasteiger partial charge in [-0.05, 0) is 31.0 Å². The predicted molar refractivity (Wildman–Crippen MR) is 79.5 cm³/mol. The smallest absolute Gasteiger partial charge is 0.201 e. The average Bonchev–Trinajstić information content (AvgIpc) is 2.65. The first kappa shape index (κ1) is 14.2. The van der Waals surface area contributed by atoms with Gasteiger partial charge >= 0.3 is 0 Å². The fraction of sp³-hybridized carbons (Fsp3) is 0.500. The molecule has 4 nitrogen and oxygen atoms in total. The number of halogens is 1. The van der Waals surface area contributed by atoms with Crippen LogP contribution in [0.25, 0.3) is 11.0 Å². The van der Waals surface area contributed by atoms with E-state index in [1.165, 1.54) is 0 Å². The number of ether oxygens (including phenoxy) is 1. The molecular formula is C14H20ClN3O. The van der Waals surface area contributed by atoms with Crippen molar-refractivity contribution < 1.29 is 4.74 Å². The molecule has 2 rings (SSSR count). The minimum atomic E-state index is 0.172. The highest BCUT2D eigenvalue weighted by molar-refractivity contribution is 6.31. The van der Waals surface area contributed by atoms with Gasteiger partial charge in [-0.15, -0.1) is 0 Å². The molecule has 1 aromatic carbocycles. The van der Waals surface area contributed by atoms with Crippen molar-refractivity contribution in [2.45, 2.75) is 26.8 Å². The third-order valence-corrected chi connectivity index (χ3v) is 3.51. The van der Waals surface area contributed by atoms with Crippen molar-refractivity contribution in [3.8, 4) is 0 Å². The maximum Gasteiger partial charge on any atom is 0.201 e. The Labute approximate surface area is 118 Å². The third-order valence-electron chi connectivity index (χ3n) is 3.27. The van der Waals surface area contributed by atoms with E-state index in [4.69, 9.17) is 22.1 Å². The highest BCUT2D eigenvalue weighted by Crippen LogP contribution is 2.29. The second-order valence-corrected chi connectivity index (χ2v) is 5.38. The number of nitrogen functional groups attached to an aromatic ring is 1. The summed E-state index contributed by atoms with van der Waals surface area (Å²) in [6.45, 7) is 7.64. The van der Waals surface area contributed by atoms with E-state index in [2.05, 4.69) is 18.8 Å². The lowest BCUT2D eigenvalue weighted by atomic mass is 10.0. The second-order valence-electron chi connectivity index (χ2n) is 4.94. The molecule has 0 bridgehead atoms. The van der Waals surface area contributed by atoms with Crippen molar-refractivity contribution in [3.05, 3.63) is 23.2 Å². The molecule has 0 amide bonds. The zero-order chi connectivity index (χ0) is 14.0. The fourth-order valence-electron chi connectivity index (χ4n) is 2.24. The van der Waals surface area contributed by atoms with Crippen LogP contribution in [0.3, 0.4) is 0 Å². The summed E-state index contributed by atoms with van der Waals surface area (Å²) in [7, 11) is 0. The quantitative estimate of drug-likeness (QED) is 0.912. The van der Waals surface area contributed by atoms with Crippen LogP contribution >= 0.6 is 11.6 Å². The Bertz CT molecular complexity index is 565. The zero-order valence-corrected chi connectivity index (χ0v) is 12.3. The van der Waals surface area contributed by atoms with E-state index < -0.39 is 0 Å². The summed E-state index contributed by atoms with van der Waals surface area (Å²) in [5, 5.41) is 0.669. The number of benzene rings is 1. The lowest BCUT2D eigenvalue weighted by molar-refractivity contribution is 0.0987. The SMILES string of the molecule is CCOCC(C(C)C)n1c(N)nc2cc(Cl)ccc21. The molecular weight excluding hydrogens is 262 g/mol. The number of hydrogen-bond donors (Lipinski definition) is 1. The van der Waals surface area contributed by atoms with Crippen molar-refractivity contribution >= 4 is 28.6 Å². The molecule has 5 heteroatoms. The van der Waals surface area contributed by atoms with Gasteiger partial charge in [0.25, 0.3) is 0 Å². The lowest BCUT2D eigenvalue weighted by Gasteiger charge is -2.24. The first-order chi connectivity index (χ1) is 9.04. The molecule has 0 spiro atoms. The van der Waals surface area contributed by atoms with Crippen LogP contribution in [-0.4, -0.2) is 22.8 Å². The Morgan fingerprint density at radius 3 is 2.79 bits per heavy atom. The van der Waals surface area contributed by atoms with Crippen molar-refractivity contribution in [1.82, 2.24) is 9.55 Å². The molecule has 0 aliphatic rings. The molecule has 0 saturated heterocycles. The molecule has 0 aliphatic carbocycles. The average molecular weight is 282 g/mol. The van der Waals surface area contributed by atoms with Crippen LogP contribution in [0.2, 0.25) is 5.02 Å². The molecule has 1 heterocycles. The van der Waals surface area contributed by atoms with Gasteiger partial charge in [-0.1, -0.05) is 25.4 Å². The number of nitrogens with two attached hydrogens (primary N) is 1. The van der Waals surface area contributed by atoms with Crippen LogP contribution in [-0.2, 0) is 4.74 Å². The first-order valence-electron chi connectivity index (χ1n) is 6.55. The van der Waals surface area contributed by atoms with Crippen molar-refractivity contribution in [3.63, 3.8) is 0 Å². The summed E-state index contributed by atoms with van der Waals surface area (Å²) >= 11 is 5.99. The summed E-state index contributed by atoms with van der Waals surface area (Å²) in [5.41, 5.74) is 7.89. The second kappa shape index (κ2) is 5.80. The molecule has 1 unspecified atom stereocenters. The lowest BCUT2D eigenvalue weighted by Crippen LogP contribution is -2.22. The maximum absolute atomic E-state index is 6.07. The fourth-order valence-corrected chi connectivity index (χ4v) is 2.41. The standard InChI is InChI=1S/C14H20ClN3O/c1-4-19-8-13(9(2)3)18-12-6-5-10(15)7-11(12)17-14(18)16/h5-7,9,13H,4,8H2,1-3H3,(H2,16,17). The Morgan fingerprint density at radius 2 is 2.16 bits per heavy atom. The van der Waals surface area contributed by atoms with E-state index in [9.17, 15) is 0 Å². The van der Waals surface area contributed by atoms with Gasteiger partial charge in [-0.2, -0.15) is 0 Å². The first-order valence-corrected chi connectivity index (χ1v) is 6.93. The zero-order valence-electron chi connectivity index (χ0n) is 11.6. The van der Waals surface area contributed by atoms with Gasteiger partial charge < -0.3 is 15.0 Å². The normalized spacial score (nSPS) is 13.3. The van der Waals surface area contributed by atoms with Gasteiger partial charge in [-0.3, -0.25) is 0 Å². The molecule has 104 valence electrons.